The van der Waals surface area contributed by atoms with Crippen LogP contribution in [0.3, 0.4) is 0 Å². The Hall–Kier alpha value is -1.89. The lowest BCUT2D eigenvalue weighted by Gasteiger charge is -2.20. The number of nitrogens with one attached hydrogen (secondary N) is 1. The van der Waals surface area contributed by atoms with Crippen molar-refractivity contribution in [2.24, 2.45) is 5.41 Å². The number of benzene rings is 1. The van der Waals surface area contributed by atoms with Crippen LogP contribution in [-0.4, -0.2) is 5.91 Å². The van der Waals surface area contributed by atoms with E-state index in [0.717, 1.165) is 0 Å². The van der Waals surface area contributed by atoms with Gasteiger partial charge in [0.15, 0.2) is 0 Å². The molecule has 0 saturated heterocycles. The van der Waals surface area contributed by atoms with Gasteiger partial charge in [-0.05, 0) is 26.8 Å². The van der Waals surface area contributed by atoms with Crippen LogP contribution in [0.25, 0.3) is 0 Å². The Morgan fingerprint density at radius 3 is 2.59 bits per heavy atom. The number of rotatable bonds is 3. The highest BCUT2D eigenvalue weighted by atomic mass is 19.1. The molecule has 0 saturated carbocycles. The summed E-state index contributed by atoms with van der Waals surface area (Å²) in [6.07, 6.45) is 0. The molecule has 90 valence electrons. The predicted molar refractivity (Wildman–Crippen MR) is 62.4 cm³/mol. The van der Waals surface area contributed by atoms with E-state index in [1.807, 2.05) is 6.07 Å². The lowest BCUT2D eigenvalue weighted by molar-refractivity contribution is -0.127. The molecule has 0 fully saturated rings. The smallest absolute Gasteiger partial charge is 0.240 e. The molecule has 0 radical (unpaired) electrons. The van der Waals surface area contributed by atoms with Gasteiger partial charge >= 0.3 is 0 Å². The Kier molecular flexibility index (Phi) is 3.84. The zero-order valence-corrected chi connectivity index (χ0v) is 10.1. The Labute approximate surface area is 100 Å². The molecule has 1 atom stereocenters. The maximum Gasteiger partial charge on any atom is 0.240 e. The molecular formula is C13H15FN2O. The van der Waals surface area contributed by atoms with Crippen molar-refractivity contribution in [2.75, 3.05) is 0 Å². The topological polar surface area (TPSA) is 52.9 Å². The van der Waals surface area contributed by atoms with Crippen molar-refractivity contribution in [1.29, 1.82) is 5.26 Å². The van der Waals surface area contributed by atoms with Gasteiger partial charge in [0.1, 0.15) is 11.2 Å². The summed E-state index contributed by atoms with van der Waals surface area (Å²) in [6.45, 7) is 4.73. The minimum Gasteiger partial charge on any atom is -0.348 e. The van der Waals surface area contributed by atoms with Gasteiger partial charge in [0.25, 0.3) is 0 Å². The van der Waals surface area contributed by atoms with Crippen LogP contribution < -0.4 is 5.32 Å². The summed E-state index contributed by atoms with van der Waals surface area (Å²) in [6, 6.07) is 7.69. The lowest BCUT2D eigenvalue weighted by atomic mass is 9.94. The number of amides is 1. The number of hydrogen-bond acceptors (Lipinski definition) is 2. The Balaban J connectivity index is 2.82. The molecule has 0 bridgehead atoms. The first kappa shape index (κ1) is 13.2. The van der Waals surface area contributed by atoms with Crippen LogP contribution in [0.1, 0.15) is 32.4 Å². The second-order valence-corrected chi connectivity index (χ2v) is 4.45. The Morgan fingerprint density at radius 2 is 2.06 bits per heavy atom. The molecule has 1 unspecified atom stereocenters. The summed E-state index contributed by atoms with van der Waals surface area (Å²) in [7, 11) is 0. The van der Waals surface area contributed by atoms with Crippen LogP contribution in [0, 0.1) is 22.6 Å². The number of carbonyl (C=O) groups is 1. The molecule has 1 aromatic rings. The quantitative estimate of drug-likeness (QED) is 0.873. The van der Waals surface area contributed by atoms with Gasteiger partial charge in [0.05, 0.1) is 12.1 Å². The van der Waals surface area contributed by atoms with Gasteiger partial charge in [-0.1, -0.05) is 18.2 Å². The van der Waals surface area contributed by atoms with Crippen molar-refractivity contribution in [3.8, 4) is 6.07 Å². The average molecular weight is 234 g/mol. The maximum absolute atomic E-state index is 13.5. The van der Waals surface area contributed by atoms with Gasteiger partial charge in [-0.2, -0.15) is 5.26 Å². The first-order valence-electron chi connectivity index (χ1n) is 5.35. The molecule has 0 aliphatic heterocycles. The number of nitriles is 1. The monoisotopic (exact) mass is 234 g/mol. The molecule has 0 aromatic heterocycles. The van der Waals surface area contributed by atoms with E-state index < -0.39 is 17.4 Å². The highest BCUT2D eigenvalue weighted by Crippen LogP contribution is 2.19. The number of nitrogens with zero attached hydrogens (tertiary/aromatic N) is 1. The molecule has 0 heterocycles. The standard InChI is InChI=1S/C13H15FN2O/c1-9(10-6-4-5-7-11(10)14)16-12(17)13(2,3)8-15/h4-7,9H,1-3H3,(H,16,17). The van der Waals surface area contributed by atoms with E-state index in [1.54, 1.807) is 25.1 Å². The summed E-state index contributed by atoms with van der Waals surface area (Å²) < 4.78 is 13.5. The van der Waals surface area contributed by atoms with Crippen LogP contribution >= 0.6 is 0 Å². The number of carbonyl (C=O) groups excluding carboxylic acids is 1. The van der Waals surface area contributed by atoms with Crippen molar-refractivity contribution in [2.45, 2.75) is 26.8 Å². The van der Waals surface area contributed by atoms with Crippen LogP contribution in [0.2, 0.25) is 0 Å². The minimum absolute atomic E-state index is 0.366. The molecule has 0 aliphatic rings. The van der Waals surface area contributed by atoms with Gasteiger partial charge in [-0.25, -0.2) is 4.39 Å². The highest BCUT2D eigenvalue weighted by Gasteiger charge is 2.28. The van der Waals surface area contributed by atoms with E-state index in [1.165, 1.54) is 19.9 Å². The van der Waals surface area contributed by atoms with E-state index in [9.17, 15) is 9.18 Å². The molecule has 17 heavy (non-hydrogen) atoms. The molecule has 3 nitrogen and oxygen atoms in total. The van der Waals surface area contributed by atoms with Crippen molar-refractivity contribution in [3.63, 3.8) is 0 Å². The van der Waals surface area contributed by atoms with Crippen molar-refractivity contribution in [3.05, 3.63) is 35.6 Å². The van der Waals surface area contributed by atoms with E-state index >= 15 is 0 Å². The molecule has 1 rings (SSSR count). The largest absolute Gasteiger partial charge is 0.348 e. The molecular weight excluding hydrogens is 219 g/mol. The molecule has 1 amide bonds. The SMILES string of the molecule is CC(NC(=O)C(C)(C)C#N)c1ccccc1F. The Bertz CT molecular complexity index is 463. The van der Waals surface area contributed by atoms with Gasteiger partial charge in [-0.3, -0.25) is 4.79 Å². The van der Waals surface area contributed by atoms with E-state index in [2.05, 4.69) is 5.32 Å². The zero-order chi connectivity index (χ0) is 13.1. The van der Waals surface area contributed by atoms with Crippen molar-refractivity contribution < 1.29 is 9.18 Å². The summed E-state index contributed by atoms with van der Waals surface area (Å²) in [4.78, 5) is 11.7. The molecule has 1 N–H and O–H groups in total. The van der Waals surface area contributed by atoms with Crippen LogP contribution in [-0.2, 0) is 4.79 Å². The third kappa shape index (κ3) is 3.04. The predicted octanol–water partition coefficient (Wildman–Crippen LogP) is 2.55. The van der Waals surface area contributed by atoms with Gasteiger partial charge in [0, 0.05) is 5.56 Å². The zero-order valence-electron chi connectivity index (χ0n) is 10.1. The van der Waals surface area contributed by atoms with Gasteiger partial charge in [-0.15, -0.1) is 0 Å². The fourth-order valence-electron chi connectivity index (χ4n) is 1.33. The van der Waals surface area contributed by atoms with Gasteiger partial charge in [0.2, 0.25) is 5.91 Å². The second-order valence-electron chi connectivity index (χ2n) is 4.45. The fourth-order valence-corrected chi connectivity index (χ4v) is 1.33. The van der Waals surface area contributed by atoms with Crippen LogP contribution in [0.5, 0.6) is 0 Å². The van der Waals surface area contributed by atoms with Crippen molar-refractivity contribution >= 4 is 5.91 Å². The third-order valence-electron chi connectivity index (χ3n) is 2.57. The van der Waals surface area contributed by atoms with E-state index in [-0.39, 0.29) is 5.82 Å². The third-order valence-corrected chi connectivity index (χ3v) is 2.57. The first-order chi connectivity index (χ1) is 7.88. The van der Waals surface area contributed by atoms with Crippen molar-refractivity contribution in [1.82, 2.24) is 5.32 Å². The second kappa shape index (κ2) is 4.96. The van der Waals surface area contributed by atoms with E-state index in [4.69, 9.17) is 5.26 Å². The first-order valence-corrected chi connectivity index (χ1v) is 5.35. The van der Waals surface area contributed by atoms with Crippen LogP contribution in [0.15, 0.2) is 24.3 Å². The van der Waals surface area contributed by atoms with E-state index in [0.29, 0.717) is 5.56 Å². The number of hydrogen-bond donors (Lipinski definition) is 1. The normalized spacial score (nSPS) is 12.6. The van der Waals surface area contributed by atoms with Gasteiger partial charge < -0.3 is 5.32 Å². The average Bonchev–Trinajstić information content (AvgIpc) is 2.29. The summed E-state index contributed by atoms with van der Waals surface area (Å²) in [5.41, 5.74) is -0.700. The lowest BCUT2D eigenvalue weighted by Crippen LogP contribution is -2.37. The molecule has 1 aromatic carbocycles. The number of halogens is 1. The molecule has 0 aliphatic carbocycles. The van der Waals surface area contributed by atoms with Crippen LogP contribution in [0.4, 0.5) is 4.39 Å². The maximum atomic E-state index is 13.5. The summed E-state index contributed by atoms with van der Waals surface area (Å²) in [5.74, 6) is -0.772. The fraction of sp³-hybridized carbons (Fsp3) is 0.385. The summed E-state index contributed by atoms with van der Waals surface area (Å²) >= 11 is 0. The summed E-state index contributed by atoms with van der Waals surface area (Å²) in [5, 5.41) is 11.4. The highest BCUT2D eigenvalue weighted by molar-refractivity contribution is 5.84. The minimum atomic E-state index is -1.11. The molecule has 4 heteroatoms. The Morgan fingerprint density at radius 1 is 1.47 bits per heavy atom. The molecule has 0 spiro atoms.